The summed E-state index contributed by atoms with van der Waals surface area (Å²) in [5, 5.41) is 0. The number of benzene rings is 1. The third-order valence-electron chi connectivity index (χ3n) is 4.72. The summed E-state index contributed by atoms with van der Waals surface area (Å²) in [6, 6.07) is 14.1. The number of imidazole rings is 1. The molecule has 0 atom stereocenters. The number of aryl methyl sites for hydroxylation is 2. The summed E-state index contributed by atoms with van der Waals surface area (Å²) in [6.45, 7) is 10.1. The van der Waals surface area contributed by atoms with Crippen molar-refractivity contribution in [1.29, 1.82) is 0 Å². The average Bonchev–Trinajstić information content (AvgIpc) is 3.12. The second-order valence-corrected chi connectivity index (χ2v) is 6.99. The third kappa shape index (κ3) is 4.99. The highest BCUT2D eigenvalue weighted by atomic mass is 15.0. The first kappa shape index (κ1) is 21.0. The summed E-state index contributed by atoms with van der Waals surface area (Å²) in [6.07, 6.45) is 9.34. The van der Waals surface area contributed by atoms with Gasteiger partial charge in [0.05, 0.1) is 11.4 Å². The van der Waals surface area contributed by atoms with Gasteiger partial charge in [-0.2, -0.15) is 0 Å². The van der Waals surface area contributed by atoms with E-state index in [0.717, 1.165) is 45.2 Å². The second-order valence-electron chi connectivity index (χ2n) is 6.99. The quantitative estimate of drug-likeness (QED) is 0.291. The molecule has 0 spiro atoms. The van der Waals surface area contributed by atoms with Crippen LogP contribution in [-0.4, -0.2) is 20.7 Å². The zero-order valence-electron chi connectivity index (χ0n) is 17.9. The van der Waals surface area contributed by atoms with Gasteiger partial charge in [0.1, 0.15) is 5.82 Å². The van der Waals surface area contributed by atoms with Gasteiger partial charge in [0, 0.05) is 48.6 Å². The van der Waals surface area contributed by atoms with Crippen molar-refractivity contribution in [3.8, 4) is 11.3 Å². The summed E-state index contributed by atoms with van der Waals surface area (Å²) in [5.41, 5.74) is 9.99. The third-order valence-corrected chi connectivity index (χ3v) is 4.72. The molecule has 0 aliphatic rings. The topological polar surface area (TPSA) is 43.1 Å². The molecule has 0 aliphatic heterocycles. The molecule has 0 radical (unpaired) electrons. The maximum atomic E-state index is 4.71. The number of allylic oxidation sites excluding steroid dienone is 3. The van der Waals surface area contributed by atoms with Crippen molar-refractivity contribution in [1.82, 2.24) is 14.5 Å². The van der Waals surface area contributed by atoms with Crippen molar-refractivity contribution in [3.63, 3.8) is 0 Å². The Balaban J connectivity index is 1.87. The molecule has 3 rings (SSSR count). The van der Waals surface area contributed by atoms with Gasteiger partial charge in [0.2, 0.25) is 0 Å². The van der Waals surface area contributed by atoms with Gasteiger partial charge in [-0.25, -0.2) is 4.98 Å². The molecule has 4 nitrogen and oxygen atoms in total. The standard InChI is InChI=1S/C26H26N4/c1-6-27-26(22-12-8-7-9-13-22)21(4)19(2)11-10-14-25-29-24(18-30(25)5)23-15-16-28-20(3)17-23/h6-9,11-18H,2H2,1,3-5H3/b26-21+,27-6?. The van der Waals surface area contributed by atoms with Crippen molar-refractivity contribution < 1.29 is 0 Å². The monoisotopic (exact) mass is 394 g/mol. The van der Waals surface area contributed by atoms with Crippen LogP contribution < -0.4 is 0 Å². The molecule has 2 aromatic heterocycles. The lowest BCUT2D eigenvalue weighted by Crippen LogP contribution is -1.89. The molecular formula is C26H26N4. The van der Waals surface area contributed by atoms with Gasteiger partial charge in [-0.05, 0) is 50.1 Å². The number of nitrogens with zero attached hydrogens (tertiary/aromatic N) is 4. The fourth-order valence-electron chi connectivity index (χ4n) is 3.05. The predicted molar refractivity (Wildman–Crippen MR) is 126 cm³/mol. The number of hydrogen-bond donors (Lipinski definition) is 0. The first-order chi connectivity index (χ1) is 14.5. The van der Waals surface area contributed by atoms with E-state index in [9.17, 15) is 0 Å². The van der Waals surface area contributed by atoms with Crippen LogP contribution in [0.4, 0.5) is 0 Å². The molecule has 30 heavy (non-hydrogen) atoms. The molecule has 150 valence electrons. The zero-order chi connectivity index (χ0) is 21.5. The van der Waals surface area contributed by atoms with Crippen LogP contribution in [0.2, 0.25) is 0 Å². The van der Waals surface area contributed by atoms with Crippen LogP contribution in [0, 0.1) is 6.92 Å². The minimum Gasteiger partial charge on any atom is -0.333 e. The molecule has 3 aromatic rings. The summed E-state index contributed by atoms with van der Waals surface area (Å²) >= 11 is 0. The van der Waals surface area contributed by atoms with Gasteiger partial charge < -0.3 is 4.57 Å². The van der Waals surface area contributed by atoms with Gasteiger partial charge >= 0.3 is 0 Å². The van der Waals surface area contributed by atoms with E-state index in [1.807, 2.05) is 81.1 Å². The summed E-state index contributed by atoms with van der Waals surface area (Å²) in [5.74, 6) is 0.819. The number of rotatable bonds is 6. The van der Waals surface area contributed by atoms with E-state index < -0.39 is 0 Å². The predicted octanol–water partition coefficient (Wildman–Crippen LogP) is 6.04. The van der Waals surface area contributed by atoms with Gasteiger partial charge in [-0.15, -0.1) is 5.73 Å². The van der Waals surface area contributed by atoms with Crippen LogP contribution in [0.1, 0.15) is 30.9 Å². The first-order valence-electron chi connectivity index (χ1n) is 9.82. The fourth-order valence-corrected chi connectivity index (χ4v) is 3.05. The smallest absolute Gasteiger partial charge is 0.140 e. The average molecular weight is 395 g/mol. The Kier molecular flexibility index (Phi) is 6.74. The van der Waals surface area contributed by atoms with Crippen LogP contribution in [0.5, 0.6) is 0 Å². The van der Waals surface area contributed by atoms with E-state index in [1.165, 1.54) is 0 Å². The van der Waals surface area contributed by atoms with E-state index >= 15 is 0 Å². The summed E-state index contributed by atoms with van der Waals surface area (Å²) < 4.78 is 1.98. The Morgan fingerprint density at radius 3 is 2.67 bits per heavy atom. The molecule has 0 unspecified atom stereocenters. The lowest BCUT2D eigenvalue weighted by atomic mass is 10.0. The van der Waals surface area contributed by atoms with Gasteiger partial charge in [-0.3, -0.25) is 9.98 Å². The van der Waals surface area contributed by atoms with Gasteiger partial charge in [-0.1, -0.05) is 36.9 Å². The van der Waals surface area contributed by atoms with Crippen LogP contribution in [0.3, 0.4) is 0 Å². The Morgan fingerprint density at radius 2 is 1.97 bits per heavy atom. The highest BCUT2D eigenvalue weighted by Crippen LogP contribution is 2.24. The lowest BCUT2D eigenvalue weighted by molar-refractivity contribution is 0.897. The molecule has 0 saturated carbocycles. The van der Waals surface area contributed by atoms with E-state index in [4.69, 9.17) is 4.98 Å². The second kappa shape index (κ2) is 9.64. The van der Waals surface area contributed by atoms with Crippen molar-refractivity contribution in [2.24, 2.45) is 12.0 Å². The van der Waals surface area contributed by atoms with Gasteiger partial charge in [0.25, 0.3) is 0 Å². The van der Waals surface area contributed by atoms with Crippen LogP contribution in [-0.2, 0) is 7.05 Å². The molecule has 2 heterocycles. The Hall–Kier alpha value is -3.75. The fraction of sp³-hybridized carbons (Fsp3) is 0.154. The number of aliphatic imine (C=N–C) groups is 1. The Bertz CT molecular complexity index is 1170. The minimum atomic E-state index is 0.819. The normalized spacial score (nSPS) is 11.7. The Morgan fingerprint density at radius 1 is 1.20 bits per heavy atom. The lowest BCUT2D eigenvalue weighted by Gasteiger charge is -2.08. The van der Waals surface area contributed by atoms with Crippen LogP contribution >= 0.6 is 0 Å². The molecular weight excluding hydrogens is 368 g/mol. The number of hydrogen-bond acceptors (Lipinski definition) is 3. The molecule has 0 amide bonds. The van der Waals surface area contributed by atoms with Gasteiger partial charge in [0.15, 0.2) is 0 Å². The number of pyridine rings is 1. The van der Waals surface area contributed by atoms with E-state index in [0.29, 0.717) is 0 Å². The highest BCUT2D eigenvalue weighted by molar-refractivity contribution is 5.77. The SMILES string of the molecule is C=C(C=C=Cc1nc(-c2ccnc(C)c2)cn1C)/C(C)=C(/N=CC)c1ccccc1. The molecule has 1 aromatic carbocycles. The van der Waals surface area contributed by atoms with Crippen molar-refractivity contribution >= 4 is 18.0 Å². The highest BCUT2D eigenvalue weighted by Gasteiger charge is 2.07. The number of aromatic nitrogens is 3. The molecule has 0 saturated heterocycles. The van der Waals surface area contributed by atoms with Crippen molar-refractivity contribution in [2.75, 3.05) is 0 Å². The molecule has 0 bridgehead atoms. The maximum Gasteiger partial charge on any atom is 0.140 e. The minimum absolute atomic E-state index is 0.819. The molecule has 0 N–H and O–H groups in total. The first-order valence-corrected chi connectivity index (χ1v) is 9.82. The van der Waals surface area contributed by atoms with E-state index in [2.05, 4.69) is 34.4 Å². The largest absolute Gasteiger partial charge is 0.333 e. The zero-order valence-corrected chi connectivity index (χ0v) is 17.9. The summed E-state index contributed by atoms with van der Waals surface area (Å²) in [7, 11) is 1.97. The van der Waals surface area contributed by atoms with E-state index in [-0.39, 0.29) is 0 Å². The molecule has 4 heteroatoms. The van der Waals surface area contributed by atoms with Crippen LogP contribution in [0.15, 0.2) is 89.4 Å². The molecule has 0 aliphatic carbocycles. The summed E-state index contributed by atoms with van der Waals surface area (Å²) in [4.78, 5) is 13.5. The van der Waals surface area contributed by atoms with Crippen molar-refractivity contribution in [3.05, 3.63) is 101 Å². The maximum absolute atomic E-state index is 4.71. The van der Waals surface area contributed by atoms with Crippen LogP contribution in [0.25, 0.3) is 23.0 Å². The van der Waals surface area contributed by atoms with Crippen molar-refractivity contribution in [2.45, 2.75) is 20.8 Å². The van der Waals surface area contributed by atoms with E-state index in [1.54, 1.807) is 12.4 Å². The Labute approximate surface area is 178 Å². The molecule has 0 fully saturated rings.